The van der Waals surface area contributed by atoms with Gasteiger partial charge in [-0.2, -0.15) is 0 Å². The molecule has 1 amide bonds. The van der Waals surface area contributed by atoms with Crippen molar-refractivity contribution in [2.75, 3.05) is 26.7 Å². The summed E-state index contributed by atoms with van der Waals surface area (Å²) in [6.45, 7) is 1.94. The van der Waals surface area contributed by atoms with Crippen molar-refractivity contribution < 1.29 is 9.53 Å². The molecule has 1 heterocycles. The van der Waals surface area contributed by atoms with Crippen molar-refractivity contribution in [3.05, 3.63) is 29.3 Å². The van der Waals surface area contributed by atoms with Crippen LogP contribution in [0.5, 0.6) is 5.75 Å². The van der Waals surface area contributed by atoms with Gasteiger partial charge in [-0.1, -0.05) is 12.1 Å². The Morgan fingerprint density at radius 2 is 2.14 bits per heavy atom. The molecule has 4 heteroatoms. The van der Waals surface area contributed by atoms with Gasteiger partial charge in [0.15, 0.2) is 6.61 Å². The third-order valence-corrected chi connectivity index (χ3v) is 4.62. The second kappa shape index (κ2) is 6.48. The molecule has 4 nitrogen and oxygen atoms in total. The summed E-state index contributed by atoms with van der Waals surface area (Å²) < 4.78 is 5.85. The van der Waals surface area contributed by atoms with Gasteiger partial charge < -0.3 is 15.0 Å². The number of carbonyl (C=O) groups excluding carboxylic acids is 1. The van der Waals surface area contributed by atoms with Crippen LogP contribution in [0.25, 0.3) is 0 Å². The monoisotopic (exact) mass is 288 g/mol. The Morgan fingerprint density at radius 1 is 1.33 bits per heavy atom. The Labute approximate surface area is 126 Å². The fraction of sp³-hybridized carbons (Fsp3) is 0.588. The van der Waals surface area contributed by atoms with E-state index in [0.29, 0.717) is 6.04 Å². The summed E-state index contributed by atoms with van der Waals surface area (Å²) in [6.07, 6.45) is 5.62. The maximum Gasteiger partial charge on any atom is 0.260 e. The first-order valence-corrected chi connectivity index (χ1v) is 7.99. The summed E-state index contributed by atoms with van der Waals surface area (Å²) >= 11 is 0. The lowest BCUT2D eigenvalue weighted by Gasteiger charge is -2.27. The molecule has 0 radical (unpaired) electrons. The van der Waals surface area contributed by atoms with Crippen molar-refractivity contribution >= 4 is 5.91 Å². The van der Waals surface area contributed by atoms with Gasteiger partial charge in [0.2, 0.25) is 0 Å². The molecule has 1 N–H and O–H groups in total. The standard InChI is InChI=1S/C17H24N2O2/c1-18-15-8-4-7-14-13(15)6-5-9-16(14)21-12-17(20)19-10-2-3-11-19/h5-6,9,15,18H,2-4,7-8,10-12H2,1H3. The summed E-state index contributed by atoms with van der Waals surface area (Å²) in [5.41, 5.74) is 2.60. The lowest BCUT2D eigenvalue weighted by molar-refractivity contribution is -0.132. The third-order valence-electron chi connectivity index (χ3n) is 4.62. The average Bonchev–Trinajstić information content (AvgIpc) is 3.06. The van der Waals surface area contributed by atoms with Crippen molar-refractivity contribution in [1.82, 2.24) is 10.2 Å². The van der Waals surface area contributed by atoms with Crippen molar-refractivity contribution in [2.45, 2.75) is 38.1 Å². The molecule has 1 saturated heterocycles. The minimum absolute atomic E-state index is 0.117. The van der Waals surface area contributed by atoms with Gasteiger partial charge in [0, 0.05) is 19.1 Å². The van der Waals surface area contributed by atoms with Crippen molar-refractivity contribution in [2.24, 2.45) is 0 Å². The number of carbonyl (C=O) groups is 1. The summed E-state index contributed by atoms with van der Waals surface area (Å²) in [7, 11) is 2.00. The summed E-state index contributed by atoms with van der Waals surface area (Å²) in [5.74, 6) is 1.01. The van der Waals surface area contributed by atoms with E-state index in [1.807, 2.05) is 24.1 Å². The smallest absolute Gasteiger partial charge is 0.260 e. The Hall–Kier alpha value is -1.55. The number of likely N-dealkylation sites (tertiary alicyclic amines) is 1. The lowest BCUT2D eigenvalue weighted by atomic mass is 9.87. The van der Waals surface area contributed by atoms with Gasteiger partial charge in [-0.3, -0.25) is 4.79 Å². The van der Waals surface area contributed by atoms with E-state index in [0.717, 1.165) is 38.1 Å². The fourth-order valence-electron chi connectivity index (χ4n) is 3.45. The minimum Gasteiger partial charge on any atom is -0.483 e. The second-order valence-corrected chi connectivity index (χ2v) is 5.93. The number of hydrogen-bond donors (Lipinski definition) is 1. The van der Waals surface area contributed by atoms with Crippen LogP contribution in [-0.4, -0.2) is 37.6 Å². The van der Waals surface area contributed by atoms with Crippen LogP contribution in [-0.2, 0) is 11.2 Å². The second-order valence-electron chi connectivity index (χ2n) is 5.93. The van der Waals surface area contributed by atoms with E-state index in [2.05, 4.69) is 11.4 Å². The van der Waals surface area contributed by atoms with E-state index in [9.17, 15) is 4.79 Å². The van der Waals surface area contributed by atoms with Gasteiger partial charge in [0.1, 0.15) is 5.75 Å². The fourth-order valence-corrected chi connectivity index (χ4v) is 3.45. The van der Waals surface area contributed by atoms with Crippen LogP contribution in [0.1, 0.15) is 42.9 Å². The molecule has 0 bridgehead atoms. The van der Waals surface area contributed by atoms with Gasteiger partial charge in [-0.25, -0.2) is 0 Å². The number of amides is 1. The Morgan fingerprint density at radius 3 is 2.90 bits per heavy atom. The predicted molar refractivity (Wildman–Crippen MR) is 82.5 cm³/mol. The zero-order chi connectivity index (χ0) is 14.7. The van der Waals surface area contributed by atoms with E-state index >= 15 is 0 Å². The first-order valence-electron chi connectivity index (χ1n) is 7.99. The van der Waals surface area contributed by atoms with Crippen LogP contribution in [0.3, 0.4) is 0 Å². The van der Waals surface area contributed by atoms with Crippen LogP contribution < -0.4 is 10.1 Å². The number of benzene rings is 1. The molecule has 1 aliphatic carbocycles. The van der Waals surface area contributed by atoms with Crippen LogP contribution in [0.4, 0.5) is 0 Å². The van der Waals surface area contributed by atoms with E-state index < -0.39 is 0 Å². The molecular weight excluding hydrogens is 264 g/mol. The Balaban J connectivity index is 1.69. The molecule has 1 aromatic carbocycles. The molecule has 21 heavy (non-hydrogen) atoms. The van der Waals surface area contributed by atoms with Gasteiger partial charge in [0.25, 0.3) is 5.91 Å². The number of rotatable bonds is 4. The van der Waals surface area contributed by atoms with Crippen LogP contribution >= 0.6 is 0 Å². The summed E-state index contributed by atoms with van der Waals surface area (Å²) in [4.78, 5) is 14.0. The van der Waals surface area contributed by atoms with Crippen molar-refractivity contribution in [3.63, 3.8) is 0 Å². The Bertz CT molecular complexity index is 510. The quantitative estimate of drug-likeness (QED) is 0.924. The van der Waals surface area contributed by atoms with Gasteiger partial charge in [-0.15, -0.1) is 0 Å². The lowest BCUT2D eigenvalue weighted by Crippen LogP contribution is -2.32. The molecule has 1 aromatic rings. The number of ether oxygens (including phenoxy) is 1. The van der Waals surface area contributed by atoms with Crippen molar-refractivity contribution in [1.29, 1.82) is 0 Å². The SMILES string of the molecule is CNC1CCCc2c(OCC(=O)N3CCCC3)cccc21. The molecule has 1 aliphatic heterocycles. The molecule has 0 aromatic heterocycles. The first kappa shape index (κ1) is 14.4. The number of fused-ring (bicyclic) bond motifs is 1. The van der Waals surface area contributed by atoms with Gasteiger partial charge in [-0.05, 0) is 56.3 Å². The highest BCUT2D eigenvalue weighted by atomic mass is 16.5. The van der Waals surface area contributed by atoms with Crippen LogP contribution in [0.15, 0.2) is 18.2 Å². The zero-order valence-electron chi connectivity index (χ0n) is 12.7. The van der Waals surface area contributed by atoms with E-state index in [4.69, 9.17) is 4.74 Å². The molecule has 1 atom stereocenters. The Kier molecular flexibility index (Phi) is 4.44. The average molecular weight is 288 g/mol. The van der Waals surface area contributed by atoms with E-state index in [1.54, 1.807) is 0 Å². The number of nitrogens with zero attached hydrogens (tertiary/aromatic N) is 1. The maximum absolute atomic E-state index is 12.1. The van der Waals surface area contributed by atoms with Crippen LogP contribution in [0, 0.1) is 0 Å². The summed E-state index contributed by atoms with van der Waals surface area (Å²) in [6, 6.07) is 6.61. The topological polar surface area (TPSA) is 41.6 Å². The molecule has 1 fully saturated rings. The van der Waals surface area contributed by atoms with Crippen LogP contribution in [0.2, 0.25) is 0 Å². The van der Waals surface area contributed by atoms with E-state index in [-0.39, 0.29) is 12.5 Å². The highest BCUT2D eigenvalue weighted by Gasteiger charge is 2.23. The molecular formula is C17H24N2O2. The largest absolute Gasteiger partial charge is 0.483 e. The highest BCUT2D eigenvalue weighted by molar-refractivity contribution is 5.78. The highest BCUT2D eigenvalue weighted by Crippen LogP contribution is 2.35. The first-order chi connectivity index (χ1) is 10.3. The number of hydrogen-bond acceptors (Lipinski definition) is 3. The summed E-state index contributed by atoms with van der Waals surface area (Å²) in [5, 5.41) is 3.37. The van der Waals surface area contributed by atoms with E-state index in [1.165, 1.54) is 24.0 Å². The molecule has 3 rings (SSSR count). The minimum atomic E-state index is 0.117. The normalized spacial score (nSPS) is 21.2. The third kappa shape index (κ3) is 3.05. The number of nitrogens with one attached hydrogen (secondary N) is 1. The van der Waals surface area contributed by atoms with Gasteiger partial charge in [0.05, 0.1) is 0 Å². The molecule has 0 spiro atoms. The van der Waals surface area contributed by atoms with Gasteiger partial charge >= 0.3 is 0 Å². The molecule has 114 valence electrons. The molecule has 0 saturated carbocycles. The molecule has 1 unspecified atom stereocenters. The molecule has 2 aliphatic rings. The zero-order valence-corrected chi connectivity index (χ0v) is 12.7. The van der Waals surface area contributed by atoms with Crippen molar-refractivity contribution in [3.8, 4) is 5.75 Å². The maximum atomic E-state index is 12.1. The predicted octanol–water partition coefficient (Wildman–Crippen LogP) is 2.28.